The van der Waals surface area contributed by atoms with E-state index >= 15 is 0 Å². The molecule has 1 aliphatic rings. The first kappa shape index (κ1) is 14.9. The standard InChI is InChI=1S/C16H16BrN5/c17-13-4-5-15(19-11-13)12-21-6-8-22(9-7-21)16-3-1-2-14(10-18)20-16/h1-5,11H,6-9,12H2. The molecule has 22 heavy (non-hydrogen) atoms. The predicted octanol–water partition coefficient (Wildman–Crippen LogP) is 2.43. The van der Waals surface area contributed by atoms with Crippen molar-refractivity contribution >= 4 is 21.7 Å². The molecule has 2 aromatic rings. The molecule has 5 nitrogen and oxygen atoms in total. The largest absolute Gasteiger partial charge is 0.354 e. The van der Waals surface area contributed by atoms with E-state index in [1.54, 1.807) is 6.07 Å². The molecule has 0 atom stereocenters. The van der Waals surface area contributed by atoms with Crippen LogP contribution in [0.2, 0.25) is 0 Å². The summed E-state index contributed by atoms with van der Waals surface area (Å²) in [6.07, 6.45) is 1.84. The van der Waals surface area contributed by atoms with Crippen LogP contribution in [0, 0.1) is 11.3 Å². The topological polar surface area (TPSA) is 56.1 Å². The highest BCUT2D eigenvalue weighted by molar-refractivity contribution is 9.10. The van der Waals surface area contributed by atoms with Crippen molar-refractivity contribution in [2.24, 2.45) is 0 Å². The number of nitriles is 1. The Labute approximate surface area is 138 Å². The molecule has 0 unspecified atom stereocenters. The van der Waals surface area contributed by atoms with Gasteiger partial charge in [-0.1, -0.05) is 6.07 Å². The summed E-state index contributed by atoms with van der Waals surface area (Å²) in [5.74, 6) is 0.889. The van der Waals surface area contributed by atoms with Crippen LogP contribution >= 0.6 is 15.9 Å². The number of halogens is 1. The average Bonchev–Trinajstić information content (AvgIpc) is 2.58. The number of aromatic nitrogens is 2. The van der Waals surface area contributed by atoms with E-state index in [0.29, 0.717) is 5.69 Å². The van der Waals surface area contributed by atoms with Gasteiger partial charge in [0.25, 0.3) is 0 Å². The zero-order valence-electron chi connectivity index (χ0n) is 12.1. The van der Waals surface area contributed by atoms with Crippen LogP contribution in [0.5, 0.6) is 0 Å². The van der Waals surface area contributed by atoms with Crippen molar-refractivity contribution in [2.45, 2.75) is 6.54 Å². The smallest absolute Gasteiger partial charge is 0.142 e. The summed E-state index contributed by atoms with van der Waals surface area (Å²) < 4.78 is 1.00. The van der Waals surface area contributed by atoms with E-state index in [1.165, 1.54) is 0 Å². The Kier molecular flexibility index (Phi) is 4.66. The maximum absolute atomic E-state index is 8.94. The van der Waals surface area contributed by atoms with Gasteiger partial charge in [0.1, 0.15) is 17.6 Å². The van der Waals surface area contributed by atoms with E-state index in [-0.39, 0.29) is 0 Å². The van der Waals surface area contributed by atoms with Crippen molar-refractivity contribution < 1.29 is 0 Å². The second-order valence-electron chi connectivity index (χ2n) is 5.22. The molecule has 0 saturated carbocycles. The Morgan fingerprint density at radius 2 is 1.95 bits per heavy atom. The van der Waals surface area contributed by atoms with Crippen LogP contribution in [-0.2, 0) is 6.54 Å². The Balaban J connectivity index is 1.58. The molecule has 2 aromatic heterocycles. The molecule has 1 aliphatic heterocycles. The summed E-state index contributed by atoms with van der Waals surface area (Å²) in [5.41, 5.74) is 1.56. The fourth-order valence-electron chi connectivity index (χ4n) is 2.53. The molecule has 0 N–H and O–H groups in total. The molecule has 0 aliphatic carbocycles. The monoisotopic (exact) mass is 357 g/mol. The fourth-order valence-corrected chi connectivity index (χ4v) is 2.76. The zero-order valence-corrected chi connectivity index (χ0v) is 13.7. The third kappa shape index (κ3) is 3.62. The number of rotatable bonds is 3. The number of hydrogen-bond acceptors (Lipinski definition) is 5. The maximum atomic E-state index is 8.94. The summed E-state index contributed by atoms with van der Waals surface area (Å²) in [4.78, 5) is 13.4. The number of hydrogen-bond donors (Lipinski definition) is 0. The summed E-state index contributed by atoms with van der Waals surface area (Å²) in [6.45, 7) is 4.63. The van der Waals surface area contributed by atoms with Crippen LogP contribution < -0.4 is 4.90 Å². The van der Waals surface area contributed by atoms with Crippen LogP contribution in [0.15, 0.2) is 41.0 Å². The van der Waals surface area contributed by atoms with E-state index in [0.717, 1.165) is 48.7 Å². The lowest BCUT2D eigenvalue weighted by Gasteiger charge is -2.35. The summed E-state index contributed by atoms with van der Waals surface area (Å²) >= 11 is 3.40. The molecule has 0 spiro atoms. The molecule has 0 aromatic carbocycles. The minimum Gasteiger partial charge on any atom is -0.354 e. The summed E-state index contributed by atoms with van der Waals surface area (Å²) in [7, 11) is 0. The van der Waals surface area contributed by atoms with E-state index in [9.17, 15) is 0 Å². The van der Waals surface area contributed by atoms with Gasteiger partial charge in [-0.3, -0.25) is 9.88 Å². The van der Waals surface area contributed by atoms with Crippen LogP contribution in [0.1, 0.15) is 11.4 Å². The van der Waals surface area contributed by atoms with Crippen LogP contribution in [0.3, 0.4) is 0 Å². The molecule has 3 heterocycles. The van der Waals surface area contributed by atoms with Gasteiger partial charge in [0.05, 0.1) is 5.69 Å². The van der Waals surface area contributed by atoms with Gasteiger partial charge in [-0.2, -0.15) is 5.26 Å². The first-order valence-corrected chi connectivity index (χ1v) is 7.99. The van der Waals surface area contributed by atoms with Gasteiger partial charge in [0, 0.05) is 43.4 Å². The molecule has 0 bridgehead atoms. The first-order valence-electron chi connectivity index (χ1n) is 7.19. The minimum absolute atomic E-state index is 0.471. The highest BCUT2D eigenvalue weighted by Gasteiger charge is 2.18. The minimum atomic E-state index is 0.471. The fraction of sp³-hybridized carbons (Fsp3) is 0.312. The maximum Gasteiger partial charge on any atom is 0.142 e. The molecule has 0 radical (unpaired) electrons. The van der Waals surface area contributed by atoms with Gasteiger partial charge in [-0.25, -0.2) is 4.98 Å². The lowest BCUT2D eigenvalue weighted by Crippen LogP contribution is -2.46. The van der Waals surface area contributed by atoms with Gasteiger partial charge in [-0.05, 0) is 40.2 Å². The van der Waals surface area contributed by atoms with Gasteiger partial charge in [0.15, 0.2) is 0 Å². The molecule has 6 heteroatoms. The summed E-state index contributed by atoms with van der Waals surface area (Å²) in [6, 6.07) is 11.8. The number of piperazine rings is 1. The molecule has 1 saturated heterocycles. The van der Waals surface area contributed by atoms with Crippen molar-refractivity contribution in [1.29, 1.82) is 5.26 Å². The van der Waals surface area contributed by atoms with E-state index < -0.39 is 0 Å². The van der Waals surface area contributed by atoms with Gasteiger partial charge >= 0.3 is 0 Å². The Bertz CT molecular complexity index is 672. The molecule has 1 fully saturated rings. The number of anilines is 1. The van der Waals surface area contributed by atoms with Crippen LogP contribution in [0.4, 0.5) is 5.82 Å². The Hall–Kier alpha value is -1.97. The first-order chi connectivity index (χ1) is 10.7. The Morgan fingerprint density at radius 1 is 1.14 bits per heavy atom. The third-order valence-corrected chi connectivity index (χ3v) is 4.19. The predicted molar refractivity (Wildman–Crippen MR) is 88.4 cm³/mol. The van der Waals surface area contributed by atoms with E-state index in [2.05, 4.69) is 47.8 Å². The van der Waals surface area contributed by atoms with Crippen LogP contribution in [0.25, 0.3) is 0 Å². The second kappa shape index (κ2) is 6.86. The van der Waals surface area contributed by atoms with Gasteiger partial charge in [0.2, 0.25) is 0 Å². The van der Waals surface area contributed by atoms with E-state index in [4.69, 9.17) is 5.26 Å². The zero-order chi connectivity index (χ0) is 15.4. The normalized spacial score (nSPS) is 15.5. The van der Waals surface area contributed by atoms with Crippen molar-refractivity contribution in [1.82, 2.24) is 14.9 Å². The highest BCUT2D eigenvalue weighted by atomic mass is 79.9. The van der Waals surface area contributed by atoms with E-state index in [1.807, 2.05) is 24.4 Å². The average molecular weight is 358 g/mol. The molecule has 3 rings (SSSR count). The van der Waals surface area contributed by atoms with Crippen molar-refractivity contribution in [3.63, 3.8) is 0 Å². The van der Waals surface area contributed by atoms with Gasteiger partial charge < -0.3 is 4.90 Å². The van der Waals surface area contributed by atoms with Crippen LogP contribution in [-0.4, -0.2) is 41.0 Å². The number of nitrogens with zero attached hydrogens (tertiary/aromatic N) is 5. The van der Waals surface area contributed by atoms with Crippen molar-refractivity contribution in [3.05, 3.63) is 52.4 Å². The van der Waals surface area contributed by atoms with Gasteiger partial charge in [-0.15, -0.1) is 0 Å². The second-order valence-corrected chi connectivity index (χ2v) is 6.14. The highest BCUT2D eigenvalue weighted by Crippen LogP contribution is 2.15. The van der Waals surface area contributed by atoms with Crippen molar-refractivity contribution in [3.8, 4) is 6.07 Å². The molecular weight excluding hydrogens is 342 g/mol. The SMILES string of the molecule is N#Cc1cccc(N2CCN(Cc3ccc(Br)cn3)CC2)n1. The molecule has 0 amide bonds. The molecular formula is C16H16BrN5. The lowest BCUT2D eigenvalue weighted by atomic mass is 10.2. The Morgan fingerprint density at radius 3 is 2.64 bits per heavy atom. The van der Waals surface area contributed by atoms with Crippen molar-refractivity contribution in [2.75, 3.05) is 31.1 Å². The number of pyridine rings is 2. The quantitative estimate of drug-likeness (QED) is 0.844. The lowest BCUT2D eigenvalue weighted by molar-refractivity contribution is 0.246. The molecule has 112 valence electrons. The summed E-state index contributed by atoms with van der Waals surface area (Å²) in [5, 5.41) is 8.94. The third-order valence-electron chi connectivity index (χ3n) is 3.72.